The molecule has 1 aliphatic heterocycles. The normalized spacial score (nSPS) is 15.8. The number of rotatable bonds is 8. The lowest BCUT2D eigenvalue weighted by Crippen LogP contribution is -2.56. The standard InChI is InChI=1S/C25H24Cl2F3N9O2/c26-16-7-5-15(6-8-16)22-35-38(24(41)37(22)11-9-25(28,29)30)14-20-33-23(36-12-10-32-18(13-36)21(31)40)39(34-20)19-4-2-1-3-17(19)27/h1-8,18,32H,9-14H2,(H2,31,40). The van der Waals surface area contributed by atoms with E-state index < -0.39 is 36.8 Å². The van der Waals surface area contributed by atoms with E-state index in [4.69, 9.17) is 28.9 Å². The number of aromatic nitrogens is 6. The van der Waals surface area contributed by atoms with Crippen LogP contribution in [0.25, 0.3) is 17.1 Å². The van der Waals surface area contributed by atoms with Gasteiger partial charge in [0, 0.05) is 36.8 Å². The molecule has 5 rings (SSSR count). The predicted molar refractivity (Wildman–Crippen MR) is 146 cm³/mol. The van der Waals surface area contributed by atoms with Crippen molar-refractivity contribution in [3.63, 3.8) is 0 Å². The number of hydrogen-bond acceptors (Lipinski definition) is 7. The molecule has 41 heavy (non-hydrogen) atoms. The maximum absolute atomic E-state index is 13.3. The molecule has 3 N–H and O–H groups in total. The number of nitrogens with zero attached hydrogens (tertiary/aromatic N) is 7. The number of nitrogens with one attached hydrogen (secondary N) is 1. The van der Waals surface area contributed by atoms with Crippen LogP contribution in [-0.2, 0) is 17.9 Å². The molecule has 2 aromatic heterocycles. The van der Waals surface area contributed by atoms with Crippen LogP contribution in [0.15, 0.2) is 53.3 Å². The molecule has 2 aromatic carbocycles. The molecule has 1 amide bonds. The maximum atomic E-state index is 13.3. The maximum Gasteiger partial charge on any atom is 0.390 e. The molecule has 0 aliphatic carbocycles. The number of hydrogen-bond donors (Lipinski definition) is 2. The molecular weight excluding hydrogens is 586 g/mol. The highest BCUT2D eigenvalue weighted by atomic mass is 35.5. The van der Waals surface area contributed by atoms with Gasteiger partial charge in [0.05, 0.1) is 17.1 Å². The molecule has 0 bridgehead atoms. The third-order valence-electron chi connectivity index (χ3n) is 6.45. The van der Waals surface area contributed by atoms with Gasteiger partial charge in [-0.05, 0) is 36.4 Å². The first-order valence-corrected chi connectivity index (χ1v) is 13.2. The highest BCUT2D eigenvalue weighted by Gasteiger charge is 2.30. The largest absolute Gasteiger partial charge is 0.390 e. The minimum atomic E-state index is -4.48. The number of piperazine rings is 1. The lowest BCUT2D eigenvalue weighted by Gasteiger charge is -2.32. The van der Waals surface area contributed by atoms with Gasteiger partial charge in [-0.1, -0.05) is 35.3 Å². The van der Waals surface area contributed by atoms with Crippen molar-refractivity contribution >= 4 is 35.1 Å². The van der Waals surface area contributed by atoms with E-state index in [0.717, 1.165) is 9.25 Å². The third-order valence-corrected chi connectivity index (χ3v) is 7.02. The lowest BCUT2D eigenvalue weighted by atomic mass is 10.2. The van der Waals surface area contributed by atoms with Gasteiger partial charge in [0.1, 0.15) is 12.6 Å². The van der Waals surface area contributed by atoms with Crippen LogP contribution in [0.5, 0.6) is 0 Å². The Morgan fingerprint density at radius 1 is 1.10 bits per heavy atom. The summed E-state index contributed by atoms with van der Waals surface area (Å²) in [5.74, 6) is 0.0279. The van der Waals surface area contributed by atoms with Gasteiger partial charge in [0.25, 0.3) is 0 Å². The number of primary amides is 1. The number of anilines is 1. The van der Waals surface area contributed by atoms with Gasteiger partial charge < -0.3 is 16.0 Å². The minimum absolute atomic E-state index is 0.0491. The molecular formula is C25H24Cl2F3N9O2. The fraction of sp³-hybridized carbons (Fsp3) is 0.320. The Kier molecular flexibility index (Phi) is 8.07. The van der Waals surface area contributed by atoms with Crippen molar-refractivity contribution in [3.8, 4) is 17.1 Å². The zero-order valence-corrected chi connectivity index (χ0v) is 22.9. The molecule has 0 saturated carbocycles. The summed E-state index contributed by atoms with van der Waals surface area (Å²) < 4.78 is 42.7. The van der Waals surface area contributed by atoms with Crippen LogP contribution < -0.4 is 21.6 Å². The van der Waals surface area contributed by atoms with Crippen molar-refractivity contribution in [1.82, 2.24) is 34.4 Å². The molecule has 1 saturated heterocycles. The summed E-state index contributed by atoms with van der Waals surface area (Å²) in [5, 5.41) is 12.8. The number of carbonyl (C=O) groups excluding carboxylic acids is 1. The Labute approximate surface area is 241 Å². The number of nitrogens with two attached hydrogens (primary N) is 1. The van der Waals surface area contributed by atoms with Crippen LogP contribution in [-0.4, -0.2) is 66.9 Å². The zero-order valence-electron chi connectivity index (χ0n) is 21.4. The van der Waals surface area contributed by atoms with E-state index in [1.54, 1.807) is 48.5 Å². The first-order valence-electron chi connectivity index (χ1n) is 12.5. The quantitative estimate of drug-likeness (QED) is 0.314. The number of para-hydroxylation sites is 1. The van der Waals surface area contributed by atoms with E-state index in [0.29, 0.717) is 40.3 Å². The van der Waals surface area contributed by atoms with E-state index in [1.807, 2.05) is 4.90 Å². The highest BCUT2D eigenvalue weighted by Crippen LogP contribution is 2.26. The van der Waals surface area contributed by atoms with E-state index in [-0.39, 0.29) is 24.7 Å². The van der Waals surface area contributed by atoms with Gasteiger partial charge in [-0.3, -0.25) is 9.36 Å². The molecule has 0 spiro atoms. The topological polar surface area (TPSA) is 129 Å². The van der Waals surface area contributed by atoms with Crippen molar-refractivity contribution in [1.29, 1.82) is 0 Å². The van der Waals surface area contributed by atoms with E-state index >= 15 is 0 Å². The first kappa shape index (κ1) is 28.6. The van der Waals surface area contributed by atoms with Gasteiger partial charge in [-0.15, -0.1) is 10.2 Å². The van der Waals surface area contributed by atoms with Crippen molar-refractivity contribution in [3.05, 3.63) is 74.9 Å². The molecule has 216 valence electrons. The SMILES string of the molecule is NC(=O)C1CN(c2nc(Cn3nc(-c4ccc(Cl)cc4)n(CCC(F)(F)F)c3=O)nn2-c2ccccc2Cl)CCN1. The van der Waals surface area contributed by atoms with E-state index in [1.165, 1.54) is 4.68 Å². The second kappa shape index (κ2) is 11.5. The number of benzene rings is 2. The second-order valence-corrected chi connectivity index (χ2v) is 10.2. The van der Waals surface area contributed by atoms with Crippen LogP contribution in [0.4, 0.5) is 19.1 Å². The molecule has 1 fully saturated rings. The van der Waals surface area contributed by atoms with Gasteiger partial charge in [-0.2, -0.15) is 22.8 Å². The molecule has 11 nitrogen and oxygen atoms in total. The fourth-order valence-corrected chi connectivity index (χ4v) is 4.80. The predicted octanol–water partition coefficient (Wildman–Crippen LogP) is 2.86. The summed E-state index contributed by atoms with van der Waals surface area (Å²) in [4.78, 5) is 31.6. The van der Waals surface area contributed by atoms with Crippen LogP contribution >= 0.6 is 23.2 Å². The minimum Gasteiger partial charge on any atom is -0.368 e. The fourth-order valence-electron chi connectivity index (χ4n) is 4.45. The van der Waals surface area contributed by atoms with Gasteiger partial charge in [0.15, 0.2) is 11.6 Å². The lowest BCUT2D eigenvalue weighted by molar-refractivity contribution is -0.136. The Balaban J connectivity index is 1.55. The first-order chi connectivity index (χ1) is 19.5. The summed E-state index contributed by atoms with van der Waals surface area (Å²) in [6, 6.07) is 12.6. The molecule has 0 radical (unpaired) electrons. The molecule has 4 aromatic rings. The smallest absolute Gasteiger partial charge is 0.368 e. The Morgan fingerprint density at radius 2 is 1.83 bits per heavy atom. The summed E-state index contributed by atoms with van der Waals surface area (Å²) in [7, 11) is 0. The van der Waals surface area contributed by atoms with Crippen molar-refractivity contribution < 1.29 is 18.0 Å². The monoisotopic (exact) mass is 609 g/mol. The van der Waals surface area contributed by atoms with Gasteiger partial charge >= 0.3 is 11.9 Å². The van der Waals surface area contributed by atoms with Gasteiger partial charge in [0.2, 0.25) is 11.9 Å². The van der Waals surface area contributed by atoms with Crippen LogP contribution in [0.2, 0.25) is 10.0 Å². The molecule has 1 aliphatic rings. The molecule has 16 heteroatoms. The average Bonchev–Trinajstić information content (AvgIpc) is 3.49. The molecule has 1 unspecified atom stereocenters. The Bertz CT molecular complexity index is 1620. The zero-order chi connectivity index (χ0) is 29.3. The summed E-state index contributed by atoms with van der Waals surface area (Å²) >= 11 is 12.4. The summed E-state index contributed by atoms with van der Waals surface area (Å²) in [5.41, 5.74) is 5.67. The summed E-state index contributed by atoms with van der Waals surface area (Å²) in [6.07, 6.45) is -5.69. The summed E-state index contributed by atoms with van der Waals surface area (Å²) in [6.45, 7) is 0.270. The average molecular weight is 610 g/mol. The molecule has 1 atom stereocenters. The van der Waals surface area contributed by atoms with Gasteiger partial charge in [-0.25, -0.2) is 9.48 Å². The van der Waals surface area contributed by atoms with E-state index in [9.17, 15) is 22.8 Å². The highest BCUT2D eigenvalue weighted by molar-refractivity contribution is 6.32. The third kappa shape index (κ3) is 6.39. The number of carbonyl (C=O) groups is 1. The van der Waals surface area contributed by atoms with Crippen LogP contribution in [0.1, 0.15) is 12.2 Å². The Morgan fingerprint density at radius 3 is 2.51 bits per heavy atom. The van der Waals surface area contributed by atoms with E-state index in [2.05, 4.69) is 20.5 Å². The van der Waals surface area contributed by atoms with Crippen LogP contribution in [0, 0.1) is 0 Å². The number of halogens is 5. The molecule has 3 heterocycles. The van der Waals surface area contributed by atoms with Crippen molar-refractivity contribution in [2.75, 3.05) is 24.5 Å². The second-order valence-electron chi connectivity index (χ2n) is 9.33. The van der Waals surface area contributed by atoms with Crippen molar-refractivity contribution in [2.24, 2.45) is 5.73 Å². The number of amides is 1. The Hall–Kier alpha value is -3.88. The number of alkyl halides is 3. The van der Waals surface area contributed by atoms with Crippen LogP contribution in [0.3, 0.4) is 0 Å². The van der Waals surface area contributed by atoms with Crippen molar-refractivity contribution in [2.45, 2.75) is 31.7 Å².